The van der Waals surface area contributed by atoms with Crippen LogP contribution in [0.3, 0.4) is 0 Å². The van der Waals surface area contributed by atoms with Gasteiger partial charge in [-0.15, -0.1) is 0 Å². The summed E-state index contributed by atoms with van der Waals surface area (Å²) in [6.07, 6.45) is 3.58. The van der Waals surface area contributed by atoms with E-state index >= 15 is 0 Å². The second-order valence-electron chi connectivity index (χ2n) is 5.14. The number of aryl methyl sites for hydroxylation is 1. The summed E-state index contributed by atoms with van der Waals surface area (Å²) in [5.74, 6) is 1.84. The number of nitrogens with zero attached hydrogens (tertiary/aromatic N) is 2. The molecule has 1 fully saturated rings. The molecule has 110 valence electrons. The van der Waals surface area contributed by atoms with Crippen molar-refractivity contribution in [1.82, 2.24) is 9.97 Å². The molecule has 0 atom stereocenters. The third kappa shape index (κ3) is 3.52. The van der Waals surface area contributed by atoms with E-state index in [2.05, 4.69) is 9.97 Å². The lowest BCUT2D eigenvalue weighted by Gasteiger charge is -2.23. The Labute approximate surface area is 129 Å². The van der Waals surface area contributed by atoms with Gasteiger partial charge in [-0.25, -0.2) is 4.98 Å². The monoisotopic (exact) mass is 304 g/mol. The Balaban J connectivity index is 1.90. The van der Waals surface area contributed by atoms with Gasteiger partial charge in [0.05, 0.1) is 5.69 Å². The Morgan fingerprint density at radius 3 is 2.81 bits per heavy atom. The van der Waals surface area contributed by atoms with Crippen molar-refractivity contribution in [2.75, 3.05) is 13.2 Å². The number of hydrogen-bond donors (Lipinski definition) is 0. The molecular weight excluding hydrogens is 288 g/mol. The molecule has 1 aliphatic heterocycles. The second kappa shape index (κ2) is 6.41. The van der Waals surface area contributed by atoms with Crippen LogP contribution < -0.4 is 4.74 Å². The standard InChI is InChI=1S/C16H17ClN2O2/c1-11-2-3-14(21-13-4-7-18-15(17)10-13)16(19-11)12-5-8-20-9-6-12/h2-4,7,10,12H,5-6,8-9H2,1H3. The van der Waals surface area contributed by atoms with E-state index in [1.165, 1.54) is 0 Å². The van der Waals surface area contributed by atoms with Gasteiger partial charge in [-0.3, -0.25) is 4.98 Å². The van der Waals surface area contributed by atoms with Crippen molar-refractivity contribution in [1.29, 1.82) is 0 Å². The first kappa shape index (κ1) is 14.3. The zero-order valence-corrected chi connectivity index (χ0v) is 12.6. The normalized spacial score (nSPS) is 15.9. The van der Waals surface area contributed by atoms with E-state index < -0.39 is 0 Å². The third-order valence-electron chi connectivity index (χ3n) is 3.56. The number of rotatable bonds is 3. The van der Waals surface area contributed by atoms with E-state index in [0.717, 1.165) is 43.2 Å². The van der Waals surface area contributed by atoms with E-state index in [1.54, 1.807) is 18.3 Å². The lowest BCUT2D eigenvalue weighted by atomic mass is 9.95. The molecule has 21 heavy (non-hydrogen) atoms. The summed E-state index contributed by atoms with van der Waals surface area (Å²) in [4.78, 5) is 8.65. The fraction of sp³-hybridized carbons (Fsp3) is 0.375. The summed E-state index contributed by atoms with van der Waals surface area (Å²) < 4.78 is 11.4. The minimum absolute atomic E-state index is 0.381. The van der Waals surface area contributed by atoms with Gasteiger partial charge in [0.15, 0.2) is 0 Å². The first-order valence-corrected chi connectivity index (χ1v) is 7.45. The van der Waals surface area contributed by atoms with Gasteiger partial charge in [0.25, 0.3) is 0 Å². The highest BCUT2D eigenvalue weighted by Crippen LogP contribution is 2.34. The van der Waals surface area contributed by atoms with Crippen molar-refractivity contribution in [3.05, 3.63) is 47.0 Å². The summed E-state index contributed by atoms with van der Waals surface area (Å²) in [6, 6.07) is 7.43. The summed E-state index contributed by atoms with van der Waals surface area (Å²) in [5.41, 5.74) is 2.00. The highest BCUT2D eigenvalue weighted by Gasteiger charge is 2.21. The fourth-order valence-corrected chi connectivity index (χ4v) is 2.65. The van der Waals surface area contributed by atoms with E-state index in [1.807, 2.05) is 19.1 Å². The maximum Gasteiger partial charge on any atom is 0.149 e. The lowest BCUT2D eigenvalue weighted by molar-refractivity contribution is 0.0840. The van der Waals surface area contributed by atoms with Gasteiger partial charge in [-0.05, 0) is 38.0 Å². The van der Waals surface area contributed by atoms with Crippen LogP contribution >= 0.6 is 11.6 Å². The Kier molecular flexibility index (Phi) is 4.36. The van der Waals surface area contributed by atoms with Gasteiger partial charge < -0.3 is 9.47 Å². The van der Waals surface area contributed by atoms with Gasteiger partial charge in [0.1, 0.15) is 16.7 Å². The van der Waals surface area contributed by atoms with Crippen LogP contribution in [0.25, 0.3) is 0 Å². The van der Waals surface area contributed by atoms with Crippen molar-refractivity contribution < 1.29 is 9.47 Å². The Morgan fingerprint density at radius 1 is 1.24 bits per heavy atom. The van der Waals surface area contributed by atoms with Gasteiger partial charge in [0, 0.05) is 37.1 Å². The van der Waals surface area contributed by atoms with Crippen molar-refractivity contribution in [3.63, 3.8) is 0 Å². The zero-order valence-electron chi connectivity index (χ0n) is 11.9. The number of hydrogen-bond acceptors (Lipinski definition) is 4. The molecule has 4 nitrogen and oxygen atoms in total. The Hall–Kier alpha value is -1.65. The van der Waals surface area contributed by atoms with Crippen molar-refractivity contribution in [3.8, 4) is 11.5 Å². The predicted molar refractivity (Wildman–Crippen MR) is 81.1 cm³/mol. The molecule has 1 saturated heterocycles. The summed E-state index contributed by atoms with van der Waals surface area (Å²) in [5, 5.41) is 0.417. The first-order valence-electron chi connectivity index (χ1n) is 7.07. The first-order chi connectivity index (χ1) is 10.2. The molecule has 0 N–H and O–H groups in total. The lowest BCUT2D eigenvalue weighted by Crippen LogP contribution is -2.16. The summed E-state index contributed by atoms with van der Waals surface area (Å²) in [7, 11) is 0. The van der Waals surface area contributed by atoms with Crippen LogP contribution in [0.5, 0.6) is 11.5 Å². The van der Waals surface area contributed by atoms with Crippen LogP contribution in [0.1, 0.15) is 30.1 Å². The quantitative estimate of drug-likeness (QED) is 0.800. The Morgan fingerprint density at radius 2 is 2.05 bits per heavy atom. The van der Waals surface area contributed by atoms with Gasteiger partial charge in [-0.2, -0.15) is 0 Å². The van der Waals surface area contributed by atoms with Gasteiger partial charge in [0.2, 0.25) is 0 Å². The van der Waals surface area contributed by atoms with Gasteiger partial charge in [-0.1, -0.05) is 11.6 Å². The van der Waals surface area contributed by atoms with Crippen LogP contribution in [0, 0.1) is 6.92 Å². The maximum atomic E-state index is 5.97. The summed E-state index contributed by atoms with van der Waals surface area (Å²) >= 11 is 5.90. The number of ether oxygens (including phenoxy) is 2. The number of halogens is 1. The highest BCUT2D eigenvalue weighted by atomic mass is 35.5. The predicted octanol–water partition coefficient (Wildman–Crippen LogP) is 4.12. The van der Waals surface area contributed by atoms with Crippen molar-refractivity contribution in [2.24, 2.45) is 0 Å². The molecule has 0 aliphatic carbocycles. The van der Waals surface area contributed by atoms with Gasteiger partial charge >= 0.3 is 0 Å². The molecule has 0 unspecified atom stereocenters. The molecule has 0 amide bonds. The minimum atomic E-state index is 0.381. The smallest absolute Gasteiger partial charge is 0.149 e. The molecule has 3 heterocycles. The zero-order chi connectivity index (χ0) is 14.7. The van der Waals surface area contributed by atoms with E-state index in [4.69, 9.17) is 21.1 Å². The minimum Gasteiger partial charge on any atom is -0.455 e. The molecular formula is C16H17ClN2O2. The largest absolute Gasteiger partial charge is 0.455 e. The summed E-state index contributed by atoms with van der Waals surface area (Å²) in [6.45, 7) is 3.55. The average Bonchev–Trinajstić information content (AvgIpc) is 2.50. The molecule has 0 spiro atoms. The third-order valence-corrected chi connectivity index (χ3v) is 3.77. The fourth-order valence-electron chi connectivity index (χ4n) is 2.49. The topological polar surface area (TPSA) is 44.2 Å². The molecule has 0 radical (unpaired) electrons. The SMILES string of the molecule is Cc1ccc(Oc2ccnc(Cl)c2)c(C2CCOCC2)n1. The number of pyridine rings is 2. The van der Waals surface area contributed by atoms with E-state index in [9.17, 15) is 0 Å². The van der Waals surface area contributed by atoms with Crippen molar-refractivity contribution >= 4 is 11.6 Å². The van der Waals surface area contributed by atoms with Crippen LogP contribution in [-0.2, 0) is 4.74 Å². The highest BCUT2D eigenvalue weighted by molar-refractivity contribution is 6.29. The molecule has 5 heteroatoms. The van der Waals surface area contributed by atoms with Crippen LogP contribution in [0.15, 0.2) is 30.5 Å². The second-order valence-corrected chi connectivity index (χ2v) is 5.53. The Bertz CT molecular complexity index is 627. The molecule has 3 rings (SSSR count). The molecule has 2 aromatic heterocycles. The van der Waals surface area contributed by atoms with Crippen LogP contribution in [-0.4, -0.2) is 23.2 Å². The molecule has 0 aromatic carbocycles. The number of aromatic nitrogens is 2. The maximum absolute atomic E-state index is 5.97. The van der Waals surface area contributed by atoms with E-state index in [-0.39, 0.29) is 0 Å². The van der Waals surface area contributed by atoms with E-state index in [0.29, 0.717) is 16.8 Å². The van der Waals surface area contributed by atoms with Crippen LogP contribution in [0.2, 0.25) is 5.15 Å². The molecule has 1 aliphatic rings. The van der Waals surface area contributed by atoms with Crippen LogP contribution in [0.4, 0.5) is 0 Å². The molecule has 0 bridgehead atoms. The molecule has 2 aromatic rings. The average molecular weight is 305 g/mol. The molecule has 0 saturated carbocycles. The van der Waals surface area contributed by atoms with Crippen molar-refractivity contribution in [2.45, 2.75) is 25.7 Å².